The Kier molecular flexibility index (Phi) is 3.43. The van der Waals surface area contributed by atoms with Gasteiger partial charge < -0.3 is 4.74 Å². The van der Waals surface area contributed by atoms with Crippen LogP contribution in [0.4, 0.5) is 4.39 Å². The molecule has 0 radical (unpaired) electrons. The lowest BCUT2D eigenvalue weighted by atomic mass is 9.92. The van der Waals surface area contributed by atoms with Gasteiger partial charge in [-0.3, -0.25) is 4.79 Å². The zero-order valence-electron chi connectivity index (χ0n) is 15.0. The second-order valence-electron chi connectivity index (χ2n) is 7.46. The molecule has 2 nitrogen and oxygen atoms in total. The molecule has 4 heteroatoms. The number of thiophene rings is 1. The van der Waals surface area contributed by atoms with E-state index >= 15 is 0 Å². The Bertz CT molecular complexity index is 1180. The molecule has 0 unspecified atom stereocenters. The smallest absolute Gasteiger partial charge is 0.171 e. The molecule has 5 rings (SSSR count). The zero-order chi connectivity index (χ0) is 18.8. The van der Waals surface area contributed by atoms with Crippen LogP contribution in [0, 0.1) is 5.82 Å². The Morgan fingerprint density at radius 1 is 1.11 bits per heavy atom. The molecule has 134 valence electrons. The first-order valence-corrected chi connectivity index (χ1v) is 9.76. The Labute approximate surface area is 160 Å². The molecule has 0 atom stereocenters. The van der Waals surface area contributed by atoms with E-state index in [1.807, 2.05) is 32.1 Å². The number of carbonyl (C=O) groups excluding carboxylic acids is 1. The van der Waals surface area contributed by atoms with Gasteiger partial charge in [0.05, 0.1) is 5.57 Å². The second-order valence-corrected chi connectivity index (χ2v) is 8.37. The molecule has 0 fully saturated rings. The zero-order valence-corrected chi connectivity index (χ0v) is 15.8. The number of hydrogen-bond donors (Lipinski definition) is 0. The fraction of sp³-hybridized carbons (Fsp3) is 0.174. The summed E-state index contributed by atoms with van der Waals surface area (Å²) in [5.74, 6) is 0.246. The average molecular weight is 376 g/mol. The minimum Gasteiger partial charge on any atom is -0.482 e. The standard InChI is InChI=1S/C23H17FO2S/c1-23(2)18(17-12-27-21-6-4-3-5-16(17)21)11-20(26-23)22-15-8-7-14(24)9-13(15)10-19(22)25/h3-9,11-12H,10H2,1-2H3/b22-20+. The quantitative estimate of drug-likeness (QED) is 0.504. The van der Waals surface area contributed by atoms with Gasteiger partial charge in [-0.1, -0.05) is 24.3 Å². The summed E-state index contributed by atoms with van der Waals surface area (Å²) in [5, 5.41) is 3.34. The summed E-state index contributed by atoms with van der Waals surface area (Å²) in [6, 6.07) is 12.8. The van der Waals surface area contributed by atoms with Crippen molar-refractivity contribution in [1.82, 2.24) is 0 Å². The number of ether oxygens (including phenoxy) is 1. The van der Waals surface area contributed by atoms with E-state index in [1.165, 1.54) is 22.2 Å². The van der Waals surface area contributed by atoms with E-state index in [9.17, 15) is 9.18 Å². The molecule has 2 aliphatic rings. The largest absolute Gasteiger partial charge is 0.482 e. The highest BCUT2D eigenvalue weighted by atomic mass is 32.1. The van der Waals surface area contributed by atoms with Gasteiger partial charge in [-0.2, -0.15) is 0 Å². The average Bonchev–Trinajstić information content (AvgIpc) is 3.26. The molecule has 1 aliphatic heterocycles. The monoisotopic (exact) mass is 376 g/mol. The predicted molar refractivity (Wildman–Crippen MR) is 107 cm³/mol. The van der Waals surface area contributed by atoms with Gasteiger partial charge in [-0.05, 0) is 54.6 Å². The molecule has 2 heterocycles. The highest BCUT2D eigenvalue weighted by molar-refractivity contribution is 7.17. The Balaban J connectivity index is 1.70. The lowest BCUT2D eigenvalue weighted by Gasteiger charge is -2.23. The maximum atomic E-state index is 13.5. The summed E-state index contributed by atoms with van der Waals surface area (Å²) in [4.78, 5) is 12.7. The van der Waals surface area contributed by atoms with Crippen molar-refractivity contribution in [2.24, 2.45) is 0 Å². The van der Waals surface area contributed by atoms with Gasteiger partial charge in [0, 0.05) is 27.6 Å². The molecular formula is C23H17FO2S. The van der Waals surface area contributed by atoms with Crippen LogP contribution < -0.4 is 0 Å². The van der Waals surface area contributed by atoms with Crippen molar-refractivity contribution in [3.63, 3.8) is 0 Å². The third-order valence-electron chi connectivity index (χ3n) is 5.27. The van der Waals surface area contributed by atoms with Crippen molar-refractivity contribution in [3.05, 3.63) is 82.2 Å². The van der Waals surface area contributed by atoms with Crippen LogP contribution >= 0.6 is 11.3 Å². The summed E-state index contributed by atoms with van der Waals surface area (Å²) in [5.41, 5.74) is 3.72. The molecule has 0 saturated carbocycles. The first kappa shape index (κ1) is 16.5. The lowest BCUT2D eigenvalue weighted by Crippen LogP contribution is -2.21. The van der Waals surface area contributed by atoms with Crippen molar-refractivity contribution in [3.8, 4) is 0 Å². The summed E-state index contributed by atoms with van der Waals surface area (Å²) in [6.07, 6.45) is 2.21. The van der Waals surface area contributed by atoms with Crippen LogP contribution in [0.25, 0.3) is 21.2 Å². The van der Waals surface area contributed by atoms with Gasteiger partial charge in [0.25, 0.3) is 0 Å². The van der Waals surface area contributed by atoms with Crippen LogP contribution in [0.2, 0.25) is 0 Å². The van der Waals surface area contributed by atoms with Crippen molar-refractivity contribution >= 4 is 38.4 Å². The van der Waals surface area contributed by atoms with Crippen LogP contribution in [0.5, 0.6) is 0 Å². The van der Waals surface area contributed by atoms with Crippen LogP contribution in [0.3, 0.4) is 0 Å². The number of allylic oxidation sites excluding steroid dienone is 2. The Morgan fingerprint density at radius 3 is 2.78 bits per heavy atom. The molecule has 27 heavy (non-hydrogen) atoms. The van der Waals surface area contributed by atoms with E-state index in [2.05, 4.69) is 17.5 Å². The van der Waals surface area contributed by atoms with E-state index in [0.717, 1.165) is 22.3 Å². The van der Waals surface area contributed by atoms with Crippen molar-refractivity contribution in [2.75, 3.05) is 0 Å². The summed E-state index contributed by atoms with van der Waals surface area (Å²) in [7, 11) is 0. The fourth-order valence-electron chi connectivity index (χ4n) is 4.01. The number of carbonyl (C=O) groups is 1. The van der Waals surface area contributed by atoms with E-state index in [1.54, 1.807) is 17.4 Å². The van der Waals surface area contributed by atoms with Gasteiger partial charge in [0.1, 0.15) is 17.2 Å². The van der Waals surface area contributed by atoms with E-state index in [4.69, 9.17) is 4.74 Å². The molecule has 2 aromatic carbocycles. The van der Waals surface area contributed by atoms with Crippen molar-refractivity contribution in [2.45, 2.75) is 25.9 Å². The van der Waals surface area contributed by atoms with E-state index in [0.29, 0.717) is 11.3 Å². The Hall–Kier alpha value is -2.72. The minimum atomic E-state index is -0.546. The number of ketones is 1. The molecule has 1 aromatic heterocycles. The summed E-state index contributed by atoms with van der Waals surface area (Å²) >= 11 is 1.70. The van der Waals surface area contributed by atoms with Gasteiger partial charge in [0.15, 0.2) is 5.78 Å². The molecule has 3 aromatic rings. The van der Waals surface area contributed by atoms with Crippen LogP contribution in [0.15, 0.2) is 59.7 Å². The number of fused-ring (bicyclic) bond motifs is 2. The molecule has 0 bridgehead atoms. The molecule has 0 amide bonds. The molecular weight excluding hydrogens is 359 g/mol. The minimum absolute atomic E-state index is 0.0194. The highest BCUT2D eigenvalue weighted by Gasteiger charge is 2.38. The summed E-state index contributed by atoms with van der Waals surface area (Å²) < 4.78 is 21.0. The van der Waals surface area contributed by atoms with E-state index in [-0.39, 0.29) is 18.0 Å². The maximum Gasteiger partial charge on any atom is 0.171 e. The van der Waals surface area contributed by atoms with Crippen LogP contribution in [0.1, 0.15) is 30.5 Å². The van der Waals surface area contributed by atoms with E-state index < -0.39 is 5.60 Å². The normalized spacial score (nSPS) is 20.7. The van der Waals surface area contributed by atoms with Crippen LogP contribution in [-0.2, 0) is 16.0 Å². The van der Waals surface area contributed by atoms with Crippen molar-refractivity contribution < 1.29 is 13.9 Å². The summed E-state index contributed by atoms with van der Waals surface area (Å²) in [6.45, 7) is 4.04. The number of Topliss-reactive ketones (excluding diaryl/α,β-unsaturated/α-hetero) is 1. The molecule has 0 saturated heterocycles. The number of benzene rings is 2. The molecule has 0 spiro atoms. The van der Waals surface area contributed by atoms with Gasteiger partial charge in [0.2, 0.25) is 0 Å². The first-order chi connectivity index (χ1) is 12.9. The van der Waals surface area contributed by atoms with Gasteiger partial charge >= 0.3 is 0 Å². The third-order valence-corrected chi connectivity index (χ3v) is 6.24. The lowest BCUT2D eigenvalue weighted by molar-refractivity contribution is -0.112. The predicted octanol–water partition coefficient (Wildman–Crippen LogP) is 5.77. The topological polar surface area (TPSA) is 26.3 Å². The Morgan fingerprint density at radius 2 is 1.93 bits per heavy atom. The third kappa shape index (κ3) is 2.47. The van der Waals surface area contributed by atoms with Crippen LogP contribution in [-0.4, -0.2) is 11.4 Å². The van der Waals surface area contributed by atoms with Gasteiger partial charge in [-0.15, -0.1) is 11.3 Å². The highest BCUT2D eigenvalue weighted by Crippen LogP contribution is 2.46. The van der Waals surface area contributed by atoms with Crippen molar-refractivity contribution in [1.29, 1.82) is 0 Å². The second kappa shape index (κ2) is 5.64. The first-order valence-electron chi connectivity index (χ1n) is 8.88. The number of hydrogen-bond acceptors (Lipinski definition) is 3. The number of rotatable bonds is 1. The maximum absolute atomic E-state index is 13.5. The van der Waals surface area contributed by atoms with Gasteiger partial charge in [-0.25, -0.2) is 4.39 Å². The molecule has 1 aliphatic carbocycles. The fourth-order valence-corrected chi connectivity index (χ4v) is 4.97. The number of halogens is 1. The molecule has 0 N–H and O–H groups in total. The SMILES string of the molecule is CC1(C)O/C(=C2/C(=O)Cc3cc(F)ccc32)C=C1c1csc2ccccc12.